The molecule has 0 aliphatic rings. The van der Waals surface area contributed by atoms with E-state index in [9.17, 15) is 4.79 Å². The Morgan fingerprint density at radius 3 is 2.08 bits per heavy atom. The van der Waals surface area contributed by atoms with Gasteiger partial charge in [-0.1, -0.05) is 31.2 Å². The summed E-state index contributed by atoms with van der Waals surface area (Å²) in [4.78, 5) is 12.6. The zero-order chi connectivity index (χ0) is 17.7. The molecule has 0 fully saturated rings. The second-order valence-electron chi connectivity index (χ2n) is 5.80. The highest BCUT2D eigenvalue weighted by molar-refractivity contribution is 5.95. The van der Waals surface area contributed by atoms with Crippen molar-refractivity contribution in [2.24, 2.45) is 0 Å². The van der Waals surface area contributed by atoms with E-state index in [0.29, 0.717) is 17.1 Å². The van der Waals surface area contributed by atoms with E-state index in [2.05, 4.69) is 36.5 Å². The first-order valence-electron chi connectivity index (χ1n) is 8.12. The van der Waals surface area contributed by atoms with Crippen LogP contribution in [-0.4, -0.2) is 20.1 Å². The van der Waals surface area contributed by atoms with Crippen LogP contribution in [0.1, 0.15) is 46.9 Å². The van der Waals surface area contributed by atoms with Crippen molar-refractivity contribution >= 4 is 5.91 Å². The Morgan fingerprint density at radius 2 is 1.62 bits per heavy atom. The fourth-order valence-electron chi connectivity index (χ4n) is 2.62. The minimum absolute atomic E-state index is 0.0818. The fourth-order valence-corrected chi connectivity index (χ4v) is 2.62. The van der Waals surface area contributed by atoms with Gasteiger partial charge < -0.3 is 14.8 Å². The molecule has 1 N–H and O–H groups in total. The quantitative estimate of drug-likeness (QED) is 0.870. The van der Waals surface area contributed by atoms with Gasteiger partial charge in [-0.15, -0.1) is 0 Å². The zero-order valence-electron chi connectivity index (χ0n) is 15.0. The van der Waals surface area contributed by atoms with Gasteiger partial charge in [-0.2, -0.15) is 0 Å². The molecule has 2 rings (SSSR count). The van der Waals surface area contributed by atoms with E-state index < -0.39 is 0 Å². The number of aryl methyl sites for hydroxylation is 1. The van der Waals surface area contributed by atoms with E-state index in [0.717, 1.165) is 17.5 Å². The molecule has 128 valence electrons. The summed E-state index contributed by atoms with van der Waals surface area (Å²) in [6.07, 6.45) is 1.00. The van der Waals surface area contributed by atoms with Crippen molar-refractivity contribution in [1.82, 2.24) is 5.32 Å². The van der Waals surface area contributed by atoms with Gasteiger partial charge in [-0.05, 0) is 43.5 Å². The maximum absolute atomic E-state index is 12.6. The van der Waals surface area contributed by atoms with Crippen molar-refractivity contribution in [3.8, 4) is 11.5 Å². The number of methoxy groups -OCH3 is 2. The summed E-state index contributed by atoms with van der Waals surface area (Å²) < 4.78 is 10.7. The van der Waals surface area contributed by atoms with Gasteiger partial charge in [0.1, 0.15) is 11.5 Å². The molecule has 0 saturated carbocycles. The Morgan fingerprint density at radius 1 is 1.08 bits per heavy atom. The summed E-state index contributed by atoms with van der Waals surface area (Å²) in [5.41, 5.74) is 3.75. The third kappa shape index (κ3) is 3.88. The largest absolute Gasteiger partial charge is 0.496 e. The van der Waals surface area contributed by atoms with Crippen molar-refractivity contribution in [1.29, 1.82) is 0 Å². The lowest BCUT2D eigenvalue weighted by Gasteiger charge is -2.17. The summed E-state index contributed by atoms with van der Waals surface area (Å²) in [6.45, 7) is 6.00. The Labute approximate surface area is 143 Å². The smallest absolute Gasteiger partial charge is 0.252 e. The minimum Gasteiger partial charge on any atom is -0.496 e. The number of carbonyl (C=O) groups is 1. The zero-order valence-corrected chi connectivity index (χ0v) is 15.0. The summed E-state index contributed by atoms with van der Waals surface area (Å²) in [5.74, 6) is 1.12. The molecule has 4 heteroatoms. The Kier molecular flexibility index (Phi) is 5.85. The number of hydrogen-bond donors (Lipinski definition) is 1. The Bertz CT molecular complexity index is 682. The molecule has 4 nitrogen and oxygen atoms in total. The lowest BCUT2D eigenvalue weighted by atomic mass is 10.0. The second kappa shape index (κ2) is 7.86. The van der Waals surface area contributed by atoms with Gasteiger partial charge in [-0.3, -0.25) is 4.79 Å². The average Bonchev–Trinajstić information content (AvgIpc) is 2.61. The van der Waals surface area contributed by atoms with Gasteiger partial charge in [0.15, 0.2) is 0 Å². The highest BCUT2D eigenvalue weighted by atomic mass is 16.5. The van der Waals surface area contributed by atoms with Crippen LogP contribution in [0.3, 0.4) is 0 Å². The Balaban J connectivity index is 2.19. The van der Waals surface area contributed by atoms with Crippen LogP contribution < -0.4 is 14.8 Å². The van der Waals surface area contributed by atoms with Gasteiger partial charge in [-0.25, -0.2) is 0 Å². The van der Waals surface area contributed by atoms with Gasteiger partial charge in [0.2, 0.25) is 0 Å². The van der Waals surface area contributed by atoms with Gasteiger partial charge in [0.25, 0.3) is 5.91 Å². The van der Waals surface area contributed by atoms with Crippen LogP contribution in [0.25, 0.3) is 0 Å². The predicted octanol–water partition coefficient (Wildman–Crippen LogP) is 4.07. The lowest BCUT2D eigenvalue weighted by Crippen LogP contribution is -2.26. The maximum atomic E-state index is 12.6. The van der Waals surface area contributed by atoms with Gasteiger partial charge in [0.05, 0.1) is 20.3 Å². The lowest BCUT2D eigenvalue weighted by molar-refractivity contribution is 0.0939. The highest BCUT2D eigenvalue weighted by Crippen LogP contribution is 2.29. The molecule has 1 amide bonds. The normalized spacial score (nSPS) is 11.7. The van der Waals surface area contributed by atoms with E-state index in [1.165, 1.54) is 5.56 Å². The molecule has 1 atom stereocenters. The summed E-state index contributed by atoms with van der Waals surface area (Å²) in [7, 11) is 3.17. The van der Waals surface area contributed by atoms with E-state index in [1.54, 1.807) is 26.4 Å². The molecule has 0 aliphatic heterocycles. The molecule has 0 aromatic heterocycles. The van der Waals surface area contributed by atoms with Crippen LogP contribution in [0.2, 0.25) is 0 Å². The molecule has 2 aromatic rings. The van der Waals surface area contributed by atoms with Crippen molar-refractivity contribution in [3.05, 3.63) is 58.7 Å². The Hall–Kier alpha value is -2.49. The molecule has 0 radical (unpaired) electrons. The monoisotopic (exact) mass is 327 g/mol. The standard InChI is InChI=1S/C20H25NO3/c1-6-15-7-9-16(10-8-15)14(3)21-20(22)17-11-18(23-4)13(2)19(12-17)24-5/h7-12,14H,6H2,1-5H3,(H,21,22). The van der Waals surface area contributed by atoms with Crippen molar-refractivity contribution in [3.63, 3.8) is 0 Å². The molecule has 24 heavy (non-hydrogen) atoms. The molecular formula is C20H25NO3. The number of rotatable bonds is 6. The van der Waals surface area contributed by atoms with Crippen LogP contribution >= 0.6 is 0 Å². The average molecular weight is 327 g/mol. The van der Waals surface area contributed by atoms with Crippen LogP contribution in [0.5, 0.6) is 11.5 Å². The van der Waals surface area contributed by atoms with Gasteiger partial charge >= 0.3 is 0 Å². The highest BCUT2D eigenvalue weighted by Gasteiger charge is 2.16. The second-order valence-corrected chi connectivity index (χ2v) is 5.80. The van der Waals surface area contributed by atoms with E-state index >= 15 is 0 Å². The first kappa shape index (κ1) is 17.9. The molecule has 1 unspecified atom stereocenters. The van der Waals surface area contributed by atoms with Crippen molar-refractivity contribution in [2.45, 2.75) is 33.2 Å². The molecule has 0 heterocycles. The van der Waals surface area contributed by atoms with E-state index in [4.69, 9.17) is 9.47 Å². The minimum atomic E-state index is -0.154. The first-order chi connectivity index (χ1) is 11.5. The van der Waals surface area contributed by atoms with Crippen molar-refractivity contribution < 1.29 is 14.3 Å². The third-order valence-corrected chi connectivity index (χ3v) is 4.25. The molecule has 2 aromatic carbocycles. The van der Waals surface area contributed by atoms with Crippen LogP contribution in [0.15, 0.2) is 36.4 Å². The summed E-state index contributed by atoms with van der Waals surface area (Å²) in [6, 6.07) is 11.7. The van der Waals surface area contributed by atoms with Crippen molar-refractivity contribution in [2.75, 3.05) is 14.2 Å². The number of nitrogens with one attached hydrogen (secondary N) is 1. The molecule has 0 spiro atoms. The molecule has 0 aliphatic carbocycles. The van der Waals surface area contributed by atoms with E-state index in [1.807, 2.05) is 13.8 Å². The number of hydrogen-bond acceptors (Lipinski definition) is 3. The summed E-state index contributed by atoms with van der Waals surface area (Å²) in [5, 5.41) is 3.02. The number of carbonyl (C=O) groups excluding carboxylic acids is 1. The molecular weight excluding hydrogens is 302 g/mol. The van der Waals surface area contributed by atoms with Gasteiger partial charge in [0, 0.05) is 11.1 Å². The number of amides is 1. The van der Waals surface area contributed by atoms with Crippen LogP contribution in [0, 0.1) is 6.92 Å². The summed E-state index contributed by atoms with van der Waals surface area (Å²) >= 11 is 0. The topological polar surface area (TPSA) is 47.6 Å². The van der Waals surface area contributed by atoms with Crippen LogP contribution in [-0.2, 0) is 6.42 Å². The van der Waals surface area contributed by atoms with Crippen LogP contribution in [0.4, 0.5) is 0 Å². The molecule has 0 bridgehead atoms. The maximum Gasteiger partial charge on any atom is 0.252 e. The number of ether oxygens (including phenoxy) is 2. The third-order valence-electron chi connectivity index (χ3n) is 4.25. The fraction of sp³-hybridized carbons (Fsp3) is 0.350. The SMILES string of the molecule is CCc1ccc(C(C)NC(=O)c2cc(OC)c(C)c(OC)c2)cc1. The predicted molar refractivity (Wildman–Crippen MR) is 96.0 cm³/mol. The first-order valence-corrected chi connectivity index (χ1v) is 8.12. The van der Waals surface area contributed by atoms with E-state index in [-0.39, 0.29) is 11.9 Å². The number of benzene rings is 2. The molecule has 0 saturated heterocycles.